The Kier molecular flexibility index (Phi) is 8.05. The van der Waals surface area contributed by atoms with Crippen LogP contribution in [0.25, 0.3) is 0 Å². The van der Waals surface area contributed by atoms with Gasteiger partial charge < -0.3 is 10.5 Å². The summed E-state index contributed by atoms with van der Waals surface area (Å²) in [5.41, 5.74) is 8.49. The molecule has 0 unspecified atom stereocenters. The monoisotopic (exact) mass is 185 g/mol. The van der Waals surface area contributed by atoms with Crippen molar-refractivity contribution in [3.63, 3.8) is 0 Å². The van der Waals surface area contributed by atoms with Crippen molar-refractivity contribution in [2.45, 2.75) is 39.5 Å². The van der Waals surface area contributed by atoms with E-state index in [9.17, 15) is 0 Å². The molecule has 0 aliphatic carbocycles. The highest BCUT2D eigenvalue weighted by atomic mass is 16.5. The van der Waals surface area contributed by atoms with Gasteiger partial charge in [0.2, 0.25) is 0 Å². The first-order valence-electron chi connectivity index (χ1n) is 5.18. The molecule has 0 aromatic heterocycles. The topological polar surface area (TPSA) is 35.2 Å². The van der Waals surface area contributed by atoms with Crippen LogP contribution in [0, 0.1) is 0 Å². The van der Waals surface area contributed by atoms with Crippen LogP contribution >= 0.6 is 0 Å². The summed E-state index contributed by atoms with van der Waals surface area (Å²) >= 11 is 0. The number of hydrogen-bond acceptors (Lipinski definition) is 2. The molecule has 0 bridgehead atoms. The quantitative estimate of drug-likeness (QED) is 0.618. The molecule has 0 amide bonds. The molecule has 0 saturated carbocycles. The number of rotatable bonds is 7. The molecule has 2 N–H and O–H groups in total. The van der Waals surface area contributed by atoms with Crippen molar-refractivity contribution >= 4 is 0 Å². The van der Waals surface area contributed by atoms with E-state index >= 15 is 0 Å². The zero-order valence-electron chi connectivity index (χ0n) is 9.23. The van der Waals surface area contributed by atoms with E-state index in [1.54, 1.807) is 7.11 Å². The van der Waals surface area contributed by atoms with E-state index in [1.807, 2.05) is 0 Å². The molecule has 78 valence electrons. The predicted octanol–water partition coefficient (Wildman–Crippen LogP) is 2.49. The molecule has 0 aromatic carbocycles. The van der Waals surface area contributed by atoms with Gasteiger partial charge in [0.05, 0.1) is 6.61 Å². The summed E-state index contributed by atoms with van der Waals surface area (Å²) in [7, 11) is 1.76. The Hall–Kier alpha value is -0.340. The summed E-state index contributed by atoms with van der Waals surface area (Å²) in [6.45, 7) is 5.96. The number of allylic oxidation sites excluding steroid dienone is 1. The Morgan fingerprint density at radius 3 is 2.15 bits per heavy atom. The molecule has 13 heavy (non-hydrogen) atoms. The van der Waals surface area contributed by atoms with Crippen LogP contribution in [-0.4, -0.2) is 20.3 Å². The van der Waals surface area contributed by atoms with Gasteiger partial charge in [-0.1, -0.05) is 19.4 Å². The summed E-state index contributed by atoms with van der Waals surface area (Å²) < 4.78 is 5.19. The van der Waals surface area contributed by atoms with Gasteiger partial charge in [-0.15, -0.1) is 0 Å². The maximum absolute atomic E-state index is 5.49. The second-order valence-corrected chi connectivity index (χ2v) is 3.24. The summed E-state index contributed by atoms with van der Waals surface area (Å²) in [4.78, 5) is 0. The van der Waals surface area contributed by atoms with Crippen molar-refractivity contribution in [1.29, 1.82) is 0 Å². The molecule has 0 rings (SSSR count). The van der Waals surface area contributed by atoms with Crippen LogP contribution in [0.1, 0.15) is 39.5 Å². The van der Waals surface area contributed by atoms with E-state index in [0.717, 1.165) is 38.8 Å². The van der Waals surface area contributed by atoms with E-state index in [1.165, 1.54) is 11.1 Å². The molecule has 0 fully saturated rings. The maximum atomic E-state index is 5.49. The van der Waals surface area contributed by atoms with Gasteiger partial charge in [0.15, 0.2) is 0 Å². The minimum atomic E-state index is 0.772. The molecule has 0 aliphatic heterocycles. The number of nitrogens with two attached hydrogens (primary N) is 1. The smallest absolute Gasteiger partial charge is 0.0675 e. The van der Waals surface area contributed by atoms with Crippen LogP contribution in [0.5, 0.6) is 0 Å². The van der Waals surface area contributed by atoms with Gasteiger partial charge in [-0.2, -0.15) is 0 Å². The molecule has 0 aromatic rings. The van der Waals surface area contributed by atoms with E-state index < -0.39 is 0 Å². The second-order valence-electron chi connectivity index (χ2n) is 3.24. The van der Waals surface area contributed by atoms with Gasteiger partial charge in [-0.05, 0) is 37.8 Å². The molecular formula is C11H23NO. The van der Waals surface area contributed by atoms with Crippen LogP contribution in [0.15, 0.2) is 11.1 Å². The van der Waals surface area contributed by atoms with E-state index in [4.69, 9.17) is 10.5 Å². The van der Waals surface area contributed by atoms with Crippen LogP contribution < -0.4 is 5.73 Å². The molecule has 0 aliphatic rings. The lowest BCUT2D eigenvalue weighted by Crippen LogP contribution is -2.04. The van der Waals surface area contributed by atoms with Crippen molar-refractivity contribution in [2.75, 3.05) is 20.3 Å². The first-order chi connectivity index (χ1) is 6.29. The molecule has 0 radical (unpaired) electrons. The summed E-state index contributed by atoms with van der Waals surface area (Å²) in [5.74, 6) is 0. The van der Waals surface area contributed by atoms with Gasteiger partial charge in [0, 0.05) is 7.11 Å². The Labute approximate surface area is 82.2 Å². The Bertz CT molecular complexity index is 146. The lowest BCUT2D eigenvalue weighted by molar-refractivity contribution is 0.221. The van der Waals surface area contributed by atoms with Crippen molar-refractivity contribution in [2.24, 2.45) is 5.73 Å². The molecule has 2 nitrogen and oxygen atoms in total. The SMILES string of the molecule is CCC(CC)=C(CCCN)COC. The normalized spacial score (nSPS) is 10.2. The fourth-order valence-electron chi connectivity index (χ4n) is 1.59. The van der Waals surface area contributed by atoms with Gasteiger partial charge in [0.25, 0.3) is 0 Å². The van der Waals surface area contributed by atoms with Crippen LogP contribution in [-0.2, 0) is 4.74 Å². The first-order valence-corrected chi connectivity index (χ1v) is 5.18. The van der Waals surface area contributed by atoms with Gasteiger partial charge in [-0.3, -0.25) is 0 Å². The average molecular weight is 185 g/mol. The summed E-state index contributed by atoms with van der Waals surface area (Å²) in [6.07, 6.45) is 4.45. The average Bonchev–Trinajstić information content (AvgIpc) is 2.16. The third-order valence-electron chi connectivity index (χ3n) is 2.35. The molecule has 0 saturated heterocycles. The lowest BCUT2D eigenvalue weighted by atomic mass is 10.00. The Morgan fingerprint density at radius 2 is 1.77 bits per heavy atom. The fourth-order valence-corrected chi connectivity index (χ4v) is 1.59. The molecule has 0 heterocycles. The zero-order valence-corrected chi connectivity index (χ0v) is 9.23. The highest BCUT2D eigenvalue weighted by Crippen LogP contribution is 2.17. The largest absolute Gasteiger partial charge is 0.380 e. The van der Waals surface area contributed by atoms with E-state index in [0.29, 0.717) is 0 Å². The van der Waals surface area contributed by atoms with Crippen LogP contribution in [0.4, 0.5) is 0 Å². The summed E-state index contributed by atoms with van der Waals surface area (Å²) in [6, 6.07) is 0. The lowest BCUT2D eigenvalue weighted by Gasteiger charge is -2.11. The fraction of sp³-hybridized carbons (Fsp3) is 0.818. The minimum Gasteiger partial charge on any atom is -0.380 e. The molecule has 2 heteroatoms. The molecule has 0 spiro atoms. The van der Waals surface area contributed by atoms with Gasteiger partial charge >= 0.3 is 0 Å². The number of hydrogen-bond donors (Lipinski definition) is 1. The van der Waals surface area contributed by atoms with Crippen molar-refractivity contribution < 1.29 is 4.74 Å². The third kappa shape index (κ3) is 5.06. The van der Waals surface area contributed by atoms with Gasteiger partial charge in [0.1, 0.15) is 0 Å². The third-order valence-corrected chi connectivity index (χ3v) is 2.35. The molecular weight excluding hydrogens is 162 g/mol. The van der Waals surface area contributed by atoms with E-state index in [2.05, 4.69) is 13.8 Å². The zero-order chi connectivity index (χ0) is 10.1. The van der Waals surface area contributed by atoms with Crippen LogP contribution in [0.2, 0.25) is 0 Å². The predicted molar refractivity (Wildman–Crippen MR) is 57.8 cm³/mol. The Balaban J connectivity index is 4.24. The van der Waals surface area contributed by atoms with Crippen LogP contribution in [0.3, 0.4) is 0 Å². The first kappa shape index (κ1) is 12.7. The highest BCUT2D eigenvalue weighted by Gasteiger charge is 2.02. The second kappa shape index (κ2) is 8.27. The Morgan fingerprint density at radius 1 is 1.15 bits per heavy atom. The van der Waals surface area contributed by atoms with Gasteiger partial charge in [-0.25, -0.2) is 0 Å². The number of ether oxygens (including phenoxy) is 1. The molecule has 0 atom stereocenters. The maximum Gasteiger partial charge on any atom is 0.0675 e. The van der Waals surface area contributed by atoms with Crippen molar-refractivity contribution in [3.05, 3.63) is 11.1 Å². The number of methoxy groups -OCH3 is 1. The summed E-state index contributed by atoms with van der Waals surface area (Å²) in [5, 5.41) is 0. The highest BCUT2D eigenvalue weighted by molar-refractivity contribution is 5.14. The van der Waals surface area contributed by atoms with Crippen molar-refractivity contribution in [1.82, 2.24) is 0 Å². The standard InChI is InChI=1S/C11H23NO/c1-4-10(5-2)11(9-13-3)7-6-8-12/h4-9,12H2,1-3H3. The minimum absolute atomic E-state index is 0.772. The van der Waals surface area contributed by atoms with E-state index in [-0.39, 0.29) is 0 Å². The van der Waals surface area contributed by atoms with Crippen molar-refractivity contribution in [3.8, 4) is 0 Å².